The first-order valence-corrected chi connectivity index (χ1v) is 10.6. The van der Waals surface area contributed by atoms with Crippen LogP contribution in [-0.4, -0.2) is 35.0 Å². The van der Waals surface area contributed by atoms with E-state index in [-0.39, 0.29) is 30.1 Å². The van der Waals surface area contributed by atoms with Crippen LogP contribution in [0.2, 0.25) is 0 Å². The SMILES string of the molecule is Cc1cccc(C(=O)NC2C[C@@H]3CCC[C@@H](C2)N3C(=O)NCc2ccccc2)c1. The van der Waals surface area contributed by atoms with Crippen molar-refractivity contribution in [3.8, 4) is 0 Å². The Bertz CT molecular complexity index is 853. The van der Waals surface area contributed by atoms with Crippen molar-refractivity contribution in [2.45, 2.75) is 63.7 Å². The van der Waals surface area contributed by atoms with Gasteiger partial charge >= 0.3 is 6.03 Å². The maximum absolute atomic E-state index is 12.9. The van der Waals surface area contributed by atoms with E-state index in [1.807, 2.05) is 66.4 Å². The number of piperidine rings is 2. The zero-order valence-electron chi connectivity index (χ0n) is 16.9. The standard InChI is InChI=1S/C24H29N3O2/c1-17-7-5-10-19(13-17)23(28)26-20-14-21-11-6-12-22(15-20)27(21)24(29)25-16-18-8-3-2-4-9-18/h2-5,7-10,13,20-22H,6,11-12,14-16H2,1H3,(H,25,29)(H,26,28)/t21-,22-/m0/s1. The van der Waals surface area contributed by atoms with Gasteiger partial charge in [-0.3, -0.25) is 4.79 Å². The number of amides is 3. The van der Waals surface area contributed by atoms with Crippen molar-refractivity contribution in [2.24, 2.45) is 0 Å². The van der Waals surface area contributed by atoms with Crippen molar-refractivity contribution < 1.29 is 9.59 Å². The summed E-state index contributed by atoms with van der Waals surface area (Å²) in [5.74, 6) is -0.0150. The number of aryl methyl sites for hydroxylation is 1. The van der Waals surface area contributed by atoms with Crippen LogP contribution in [0.25, 0.3) is 0 Å². The number of urea groups is 1. The fourth-order valence-electron chi connectivity index (χ4n) is 4.75. The van der Waals surface area contributed by atoms with E-state index in [2.05, 4.69) is 10.6 Å². The summed E-state index contributed by atoms with van der Waals surface area (Å²) < 4.78 is 0. The number of rotatable bonds is 4. The predicted molar refractivity (Wildman–Crippen MR) is 114 cm³/mol. The summed E-state index contributed by atoms with van der Waals surface area (Å²) in [4.78, 5) is 27.6. The summed E-state index contributed by atoms with van der Waals surface area (Å²) in [5.41, 5.74) is 2.89. The predicted octanol–water partition coefficient (Wildman–Crippen LogP) is 4.02. The van der Waals surface area contributed by atoms with Crippen LogP contribution in [0.15, 0.2) is 54.6 Å². The molecule has 4 rings (SSSR count). The van der Waals surface area contributed by atoms with Crippen LogP contribution >= 0.6 is 0 Å². The number of carbonyl (C=O) groups is 2. The second-order valence-corrected chi connectivity index (χ2v) is 8.30. The van der Waals surface area contributed by atoms with E-state index >= 15 is 0 Å². The molecule has 0 aromatic heterocycles. The molecule has 2 heterocycles. The highest BCUT2D eigenvalue weighted by molar-refractivity contribution is 5.94. The van der Waals surface area contributed by atoms with Gasteiger partial charge in [0.25, 0.3) is 5.91 Å². The number of benzene rings is 2. The Kier molecular flexibility index (Phi) is 5.84. The van der Waals surface area contributed by atoms with Gasteiger partial charge in [0, 0.05) is 30.2 Å². The second-order valence-electron chi connectivity index (χ2n) is 8.30. The minimum atomic E-state index is -0.0150. The molecule has 0 radical (unpaired) electrons. The minimum absolute atomic E-state index is 0.0150. The van der Waals surface area contributed by atoms with E-state index in [0.29, 0.717) is 12.1 Å². The third kappa shape index (κ3) is 4.61. The van der Waals surface area contributed by atoms with Crippen LogP contribution in [0.1, 0.15) is 53.6 Å². The van der Waals surface area contributed by atoms with E-state index < -0.39 is 0 Å². The molecule has 2 bridgehead atoms. The lowest BCUT2D eigenvalue weighted by atomic mass is 9.82. The third-order valence-corrected chi connectivity index (χ3v) is 6.11. The van der Waals surface area contributed by atoms with Crippen LogP contribution in [-0.2, 0) is 6.54 Å². The van der Waals surface area contributed by atoms with Crippen LogP contribution in [0.3, 0.4) is 0 Å². The Labute approximate surface area is 172 Å². The largest absolute Gasteiger partial charge is 0.349 e. The van der Waals surface area contributed by atoms with Crippen molar-refractivity contribution in [3.05, 3.63) is 71.3 Å². The number of fused-ring (bicyclic) bond motifs is 2. The molecule has 0 saturated carbocycles. The summed E-state index contributed by atoms with van der Waals surface area (Å²) >= 11 is 0. The van der Waals surface area contributed by atoms with Gasteiger partial charge in [-0.15, -0.1) is 0 Å². The second kappa shape index (κ2) is 8.68. The molecule has 0 unspecified atom stereocenters. The lowest BCUT2D eigenvalue weighted by Gasteiger charge is -2.48. The molecule has 2 N–H and O–H groups in total. The van der Waals surface area contributed by atoms with Crippen molar-refractivity contribution in [1.82, 2.24) is 15.5 Å². The molecule has 2 saturated heterocycles. The lowest BCUT2D eigenvalue weighted by molar-refractivity contribution is 0.0522. The quantitative estimate of drug-likeness (QED) is 0.827. The maximum atomic E-state index is 12.9. The molecule has 2 aliphatic heterocycles. The van der Waals surface area contributed by atoms with Gasteiger partial charge in [-0.2, -0.15) is 0 Å². The number of nitrogens with zero attached hydrogens (tertiary/aromatic N) is 1. The molecular formula is C24H29N3O2. The van der Waals surface area contributed by atoms with Gasteiger partial charge < -0.3 is 15.5 Å². The molecule has 29 heavy (non-hydrogen) atoms. The Hall–Kier alpha value is -2.82. The molecule has 2 aromatic rings. The van der Waals surface area contributed by atoms with E-state index in [1.165, 1.54) is 0 Å². The first-order valence-electron chi connectivity index (χ1n) is 10.6. The average Bonchev–Trinajstić information content (AvgIpc) is 2.72. The van der Waals surface area contributed by atoms with Crippen LogP contribution in [0.5, 0.6) is 0 Å². The first-order chi connectivity index (χ1) is 14.1. The van der Waals surface area contributed by atoms with E-state index in [0.717, 1.165) is 43.2 Å². The minimum Gasteiger partial charge on any atom is -0.349 e. The lowest BCUT2D eigenvalue weighted by Crippen LogP contribution is -2.60. The summed E-state index contributed by atoms with van der Waals surface area (Å²) in [6.07, 6.45) is 4.81. The zero-order chi connectivity index (χ0) is 20.2. The molecule has 3 amide bonds. The summed E-state index contributed by atoms with van der Waals surface area (Å²) in [6.45, 7) is 2.54. The Morgan fingerprint density at radius 3 is 2.41 bits per heavy atom. The van der Waals surface area contributed by atoms with Crippen molar-refractivity contribution in [1.29, 1.82) is 0 Å². The smallest absolute Gasteiger partial charge is 0.318 e. The monoisotopic (exact) mass is 391 g/mol. The van der Waals surface area contributed by atoms with Gasteiger partial charge in [0.15, 0.2) is 0 Å². The summed E-state index contributed by atoms with van der Waals surface area (Å²) in [7, 11) is 0. The third-order valence-electron chi connectivity index (χ3n) is 6.11. The van der Waals surface area contributed by atoms with E-state index in [4.69, 9.17) is 0 Å². The van der Waals surface area contributed by atoms with Gasteiger partial charge in [0.1, 0.15) is 0 Å². The van der Waals surface area contributed by atoms with Crippen LogP contribution in [0, 0.1) is 6.92 Å². The van der Waals surface area contributed by atoms with Crippen molar-refractivity contribution >= 4 is 11.9 Å². The highest BCUT2D eigenvalue weighted by Gasteiger charge is 2.41. The van der Waals surface area contributed by atoms with E-state index in [1.54, 1.807) is 0 Å². The number of nitrogens with one attached hydrogen (secondary N) is 2. The number of carbonyl (C=O) groups excluding carboxylic acids is 2. The van der Waals surface area contributed by atoms with Gasteiger partial charge in [0.05, 0.1) is 0 Å². The van der Waals surface area contributed by atoms with Crippen LogP contribution < -0.4 is 10.6 Å². The average molecular weight is 392 g/mol. The highest BCUT2D eigenvalue weighted by Crippen LogP contribution is 2.34. The number of hydrogen-bond donors (Lipinski definition) is 2. The van der Waals surface area contributed by atoms with Gasteiger partial charge in [-0.1, -0.05) is 48.0 Å². The summed E-state index contributed by atoms with van der Waals surface area (Å²) in [5, 5.41) is 6.30. The number of hydrogen-bond acceptors (Lipinski definition) is 2. The van der Waals surface area contributed by atoms with Gasteiger partial charge in [0.2, 0.25) is 0 Å². The molecule has 152 valence electrons. The first kappa shape index (κ1) is 19.5. The molecule has 2 fully saturated rings. The molecule has 2 aliphatic rings. The summed E-state index contributed by atoms with van der Waals surface area (Å²) in [6, 6.07) is 18.2. The Morgan fingerprint density at radius 1 is 1.00 bits per heavy atom. The van der Waals surface area contributed by atoms with Crippen molar-refractivity contribution in [3.63, 3.8) is 0 Å². The molecule has 2 atom stereocenters. The Balaban J connectivity index is 1.37. The van der Waals surface area contributed by atoms with Gasteiger partial charge in [-0.05, 0) is 56.7 Å². The molecule has 0 spiro atoms. The van der Waals surface area contributed by atoms with E-state index in [9.17, 15) is 9.59 Å². The zero-order valence-corrected chi connectivity index (χ0v) is 16.9. The van der Waals surface area contributed by atoms with Gasteiger partial charge in [-0.25, -0.2) is 4.79 Å². The Morgan fingerprint density at radius 2 is 1.72 bits per heavy atom. The van der Waals surface area contributed by atoms with Crippen molar-refractivity contribution in [2.75, 3.05) is 0 Å². The topological polar surface area (TPSA) is 61.4 Å². The highest BCUT2D eigenvalue weighted by atomic mass is 16.2. The van der Waals surface area contributed by atoms with Crippen LogP contribution in [0.4, 0.5) is 4.79 Å². The molecular weight excluding hydrogens is 362 g/mol. The molecule has 5 heteroatoms. The fraction of sp³-hybridized carbons (Fsp3) is 0.417. The fourth-order valence-corrected chi connectivity index (χ4v) is 4.75. The molecule has 5 nitrogen and oxygen atoms in total. The normalized spacial score (nSPS) is 23.3. The molecule has 0 aliphatic carbocycles. The maximum Gasteiger partial charge on any atom is 0.318 e. The molecule has 2 aromatic carbocycles.